The fourth-order valence-corrected chi connectivity index (χ4v) is 4.80. The van der Waals surface area contributed by atoms with Crippen LogP contribution in [0, 0.1) is 0 Å². The number of nitrogens with zero attached hydrogens (tertiary/aromatic N) is 3. The molecule has 0 saturated heterocycles. The predicted molar refractivity (Wildman–Crippen MR) is 154 cm³/mol. The second-order valence-corrected chi connectivity index (χ2v) is 11.8. The van der Waals surface area contributed by atoms with E-state index in [-0.39, 0.29) is 17.8 Å². The third-order valence-corrected chi connectivity index (χ3v) is 6.96. The Bertz CT molecular complexity index is 836. The first-order valence-corrected chi connectivity index (χ1v) is 15.1. The molecule has 0 aromatic carbocycles. The van der Waals surface area contributed by atoms with E-state index in [1.807, 2.05) is 20.8 Å². The number of likely N-dealkylation sites (N-methyl/N-ethyl adjacent to an activating group) is 1. The van der Waals surface area contributed by atoms with Crippen molar-refractivity contribution in [3.63, 3.8) is 0 Å². The second kappa shape index (κ2) is 18.3. The Kier molecular flexibility index (Phi) is 16.4. The second-order valence-electron chi connectivity index (χ2n) is 11.2. The van der Waals surface area contributed by atoms with Crippen molar-refractivity contribution in [1.82, 2.24) is 8.75 Å². The molecule has 0 bridgehead atoms. The zero-order valence-corrected chi connectivity index (χ0v) is 25.7. The summed E-state index contributed by atoms with van der Waals surface area (Å²) in [4.78, 5) is 22.1. The van der Waals surface area contributed by atoms with Crippen LogP contribution in [0.4, 0.5) is 0 Å². The lowest BCUT2D eigenvalue weighted by Crippen LogP contribution is -2.56. The van der Waals surface area contributed by atoms with Gasteiger partial charge < -0.3 is 14.2 Å². The molecule has 2 atom stereocenters. The Morgan fingerprint density at radius 3 is 2.39 bits per heavy atom. The van der Waals surface area contributed by atoms with Crippen molar-refractivity contribution < 1.29 is 28.3 Å². The van der Waals surface area contributed by atoms with E-state index in [1.54, 1.807) is 0 Å². The average molecular weight is 555 g/mol. The summed E-state index contributed by atoms with van der Waals surface area (Å²) in [6, 6.07) is 0. The Balaban J connectivity index is 0.000000905. The molecule has 0 aliphatic carbocycles. The molecule has 0 N–H and O–H groups in total. The van der Waals surface area contributed by atoms with Crippen molar-refractivity contribution in [2.24, 2.45) is 0 Å². The van der Waals surface area contributed by atoms with E-state index in [9.17, 15) is 9.59 Å². The third kappa shape index (κ3) is 13.2. The summed E-state index contributed by atoms with van der Waals surface area (Å²) in [5.74, 6) is 0.596. The highest BCUT2D eigenvalue weighted by molar-refractivity contribution is 6.99. The van der Waals surface area contributed by atoms with Gasteiger partial charge in [0.1, 0.15) is 17.8 Å². The normalized spacial score (nSPS) is 18.0. The monoisotopic (exact) mass is 554 g/mol. The molecule has 0 amide bonds. The predicted octanol–water partition coefficient (Wildman–Crippen LogP) is 6.94. The van der Waals surface area contributed by atoms with Crippen molar-refractivity contribution in [2.75, 3.05) is 26.7 Å². The van der Waals surface area contributed by atoms with Crippen molar-refractivity contribution in [2.45, 2.75) is 124 Å². The number of aromatic nitrogens is 2. The Hall–Kier alpha value is -2.00. The molecule has 9 heteroatoms. The largest absolute Gasteiger partial charge is 0.475 e. The van der Waals surface area contributed by atoms with Crippen LogP contribution in [-0.2, 0) is 19.1 Å². The van der Waals surface area contributed by atoms with E-state index in [0.717, 1.165) is 69.3 Å². The van der Waals surface area contributed by atoms with Crippen LogP contribution in [0.2, 0.25) is 0 Å². The minimum atomic E-state index is -0.318. The van der Waals surface area contributed by atoms with E-state index >= 15 is 0 Å². The van der Waals surface area contributed by atoms with Gasteiger partial charge in [-0.25, -0.2) is 0 Å². The van der Waals surface area contributed by atoms with Crippen LogP contribution in [-0.4, -0.2) is 64.2 Å². The molecule has 0 spiro atoms. The van der Waals surface area contributed by atoms with Gasteiger partial charge in [-0.3, -0.25) is 14.1 Å². The summed E-state index contributed by atoms with van der Waals surface area (Å²) in [6.45, 7) is 14.9. The maximum atomic E-state index is 12.5. The van der Waals surface area contributed by atoms with Crippen molar-refractivity contribution in [3.05, 3.63) is 11.8 Å². The lowest BCUT2D eigenvalue weighted by molar-refractivity contribution is -0.947. The van der Waals surface area contributed by atoms with Gasteiger partial charge in [0.2, 0.25) is 6.23 Å². The van der Waals surface area contributed by atoms with Crippen LogP contribution in [0.1, 0.15) is 118 Å². The Morgan fingerprint density at radius 1 is 1.08 bits per heavy atom. The SMILES string of the molecule is CC(C)(C)OC=O.CCCCCCOc1nsnc1C1=CCC[N+](C)(C(CCC)OC(=O)CCCCC)C1. The standard InChI is InChI=1S/C24H42N3O3S.C5H10O2/c1-5-8-10-12-18-29-24-23(25-31-26-24)20-15-13-17-27(4,19-20)21(14-7-3)30-22(28)16-11-9-6-2;1-5(2,3)7-4-6/h15,21H,5-14,16-19H2,1-4H3;4H,1-3H3/q+1;. The van der Waals surface area contributed by atoms with E-state index in [4.69, 9.17) is 9.47 Å². The molecule has 1 aromatic heterocycles. The van der Waals surface area contributed by atoms with Gasteiger partial charge >= 0.3 is 5.97 Å². The fourth-order valence-electron chi connectivity index (χ4n) is 4.27. The molecule has 2 rings (SSSR count). The molecule has 2 unspecified atom stereocenters. The van der Waals surface area contributed by atoms with E-state index < -0.39 is 0 Å². The quantitative estimate of drug-likeness (QED) is 0.0946. The number of carbonyl (C=O) groups excluding carboxylic acids is 2. The first-order chi connectivity index (χ1) is 18.1. The molecule has 1 aromatic rings. The molecule has 218 valence electrons. The molecule has 8 nitrogen and oxygen atoms in total. The van der Waals surface area contributed by atoms with Gasteiger partial charge in [0.05, 0.1) is 31.9 Å². The lowest BCUT2D eigenvalue weighted by atomic mass is 10.0. The molecule has 0 saturated carbocycles. The molecule has 2 heterocycles. The zero-order valence-electron chi connectivity index (χ0n) is 24.9. The lowest BCUT2D eigenvalue weighted by Gasteiger charge is -2.42. The molecule has 0 fully saturated rings. The van der Waals surface area contributed by atoms with Gasteiger partial charge in [-0.15, -0.1) is 4.37 Å². The van der Waals surface area contributed by atoms with Gasteiger partial charge in [0, 0.05) is 24.8 Å². The van der Waals surface area contributed by atoms with Crippen LogP contribution < -0.4 is 4.74 Å². The summed E-state index contributed by atoms with van der Waals surface area (Å²) in [5.41, 5.74) is 1.71. The fraction of sp³-hybridized carbons (Fsp3) is 0.793. The molecule has 38 heavy (non-hydrogen) atoms. The zero-order chi connectivity index (χ0) is 28.4. The minimum Gasteiger partial charge on any atom is -0.475 e. The van der Waals surface area contributed by atoms with E-state index in [0.29, 0.717) is 29.9 Å². The van der Waals surface area contributed by atoms with Gasteiger partial charge in [-0.2, -0.15) is 4.37 Å². The van der Waals surface area contributed by atoms with Crippen molar-refractivity contribution >= 4 is 29.7 Å². The molecular formula is C29H52N3O5S+. The van der Waals surface area contributed by atoms with E-state index in [2.05, 4.69) is 47.4 Å². The highest BCUT2D eigenvalue weighted by Crippen LogP contribution is 2.32. The van der Waals surface area contributed by atoms with E-state index in [1.165, 1.54) is 31.0 Å². The number of rotatable bonds is 16. The van der Waals surface area contributed by atoms with Gasteiger partial charge in [0.15, 0.2) is 0 Å². The average Bonchev–Trinajstić information content (AvgIpc) is 3.32. The summed E-state index contributed by atoms with van der Waals surface area (Å²) in [6.07, 6.45) is 13.2. The number of ether oxygens (including phenoxy) is 3. The maximum absolute atomic E-state index is 12.5. The first-order valence-electron chi connectivity index (χ1n) is 14.4. The van der Waals surface area contributed by atoms with Crippen LogP contribution in [0.25, 0.3) is 5.57 Å². The summed E-state index contributed by atoms with van der Waals surface area (Å²) >= 11 is 1.21. The molecule has 1 aliphatic heterocycles. The maximum Gasteiger partial charge on any atom is 0.310 e. The molecule has 0 radical (unpaired) electrons. The smallest absolute Gasteiger partial charge is 0.310 e. The van der Waals surface area contributed by atoms with Crippen LogP contribution in [0.3, 0.4) is 0 Å². The highest BCUT2D eigenvalue weighted by atomic mass is 32.1. The number of hydrogen-bond acceptors (Lipinski definition) is 8. The van der Waals surface area contributed by atoms with Gasteiger partial charge in [-0.1, -0.05) is 59.0 Å². The summed E-state index contributed by atoms with van der Waals surface area (Å²) in [7, 11) is 2.21. The van der Waals surface area contributed by atoms with Crippen LogP contribution >= 0.6 is 11.7 Å². The topological polar surface area (TPSA) is 87.6 Å². The van der Waals surface area contributed by atoms with Crippen LogP contribution in [0.5, 0.6) is 5.88 Å². The summed E-state index contributed by atoms with van der Waals surface area (Å²) in [5, 5.41) is 0. The first kappa shape index (κ1) is 34.0. The highest BCUT2D eigenvalue weighted by Gasteiger charge is 2.38. The summed E-state index contributed by atoms with van der Waals surface area (Å²) < 4.78 is 26.2. The number of quaternary nitrogens is 1. The number of unbranched alkanes of at least 4 members (excludes halogenated alkanes) is 5. The number of esters is 1. The third-order valence-electron chi connectivity index (χ3n) is 6.45. The minimum absolute atomic E-state index is 0.0613. The van der Waals surface area contributed by atoms with Crippen molar-refractivity contribution in [3.8, 4) is 5.88 Å². The van der Waals surface area contributed by atoms with Crippen molar-refractivity contribution in [1.29, 1.82) is 0 Å². The molecular weight excluding hydrogens is 502 g/mol. The Labute approximate surface area is 235 Å². The number of carbonyl (C=O) groups is 2. The number of hydrogen-bond donors (Lipinski definition) is 0. The van der Waals surface area contributed by atoms with Crippen LogP contribution in [0.15, 0.2) is 6.08 Å². The Morgan fingerprint density at radius 2 is 1.79 bits per heavy atom. The molecule has 1 aliphatic rings. The van der Waals surface area contributed by atoms with Gasteiger partial charge in [-0.05, 0) is 40.0 Å². The van der Waals surface area contributed by atoms with Gasteiger partial charge in [0.25, 0.3) is 12.4 Å².